The van der Waals surface area contributed by atoms with Gasteiger partial charge in [-0.25, -0.2) is 0 Å². The zero-order valence-corrected chi connectivity index (χ0v) is 10.6. The van der Waals surface area contributed by atoms with Gasteiger partial charge >= 0.3 is 0 Å². The van der Waals surface area contributed by atoms with E-state index < -0.39 is 0 Å². The first-order valence-corrected chi connectivity index (χ1v) is 5.86. The van der Waals surface area contributed by atoms with Crippen LogP contribution in [0.1, 0.15) is 29.8 Å². The maximum Gasteiger partial charge on any atom is 0.253 e. The lowest BCUT2D eigenvalue weighted by molar-refractivity contribution is 0.0930. The molecule has 1 aromatic rings. The SMILES string of the molecule is Cc1cncc(C(=O)NC(C)C(C)CCl)c1. The fourth-order valence-electron chi connectivity index (χ4n) is 1.25. The number of alkyl halides is 1. The van der Waals surface area contributed by atoms with Crippen LogP contribution < -0.4 is 5.32 Å². The summed E-state index contributed by atoms with van der Waals surface area (Å²) in [6, 6.07) is 1.88. The third-order valence-corrected chi connectivity index (χ3v) is 3.08. The van der Waals surface area contributed by atoms with Gasteiger partial charge in [-0.2, -0.15) is 0 Å². The molecule has 0 saturated carbocycles. The highest BCUT2D eigenvalue weighted by atomic mass is 35.5. The fourth-order valence-corrected chi connectivity index (χ4v) is 1.51. The summed E-state index contributed by atoms with van der Waals surface area (Å²) < 4.78 is 0. The highest BCUT2D eigenvalue weighted by Crippen LogP contribution is 2.07. The molecule has 0 fully saturated rings. The second-order valence-electron chi connectivity index (χ2n) is 4.14. The Balaban J connectivity index is 2.66. The van der Waals surface area contributed by atoms with Gasteiger partial charge in [0, 0.05) is 24.3 Å². The van der Waals surface area contributed by atoms with Gasteiger partial charge in [0.25, 0.3) is 5.91 Å². The number of hydrogen-bond acceptors (Lipinski definition) is 2. The molecule has 0 aliphatic carbocycles. The lowest BCUT2D eigenvalue weighted by Gasteiger charge is -2.19. The molecule has 1 rings (SSSR count). The number of carbonyl (C=O) groups is 1. The predicted octanol–water partition coefficient (Wildman–Crippen LogP) is 2.38. The summed E-state index contributed by atoms with van der Waals surface area (Å²) in [5, 5.41) is 2.91. The summed E-state index contributed by atoms with van der Waals surface area (Å²) in [5.74, 6) is 0.692. The maximum absolute atomic E-state index is 11.8. The van der Waals surface area contributed by atoms with Gasteiger partial charge in [0.1, 0.15) is 0 Å². The van der Waals surface area contributed by atoms with E-state index in [2.05, 4.69) is 10.3 Å². The average Bonchev–Trinajstić information content (AvgIpc) is 2.27. The molecule has 1 aromatic heterocycles. The number of carbonyl (C=O) groups excluding carboxylic acids is 1. The molecule has 1 heterocycles. The standard InChI is InChI=1S/C12H17ClN2O/c1-8-4-11(7-14-6-8)12(16)15-10(3)9(2)5-13/h4,6-7,9-10H,5H2,1-3H3,(H,15,16). The smallest absolute Gasteiger partial charge is 0.253 e. The Kier molecular flexibility index (Phi) is 4.74. The Morgan fingerprint density at radius 3 is 2.75 bits per heavy atom. The molecule has 88 valence electrons. The number of aryl methyl sites for hydroxylation is 1. The van der Waals surface area contributed by atoms with Gasteiger partial charge in [0.2, 0.25) is 0 Å². The molecule has 0 aromatic carbocycles. The van der Waals surface area contributed by atoms with Crippen molar-refractivity contribution in [2.45, 2.75) is 26.8 Å². The molecule has 4 heteroatoms. The van der Waals surface area contributed by atoms with Crippen LogP contribution in [0.3, 0.4) is 0 Å². The number of nitrogens with one attached hydrogen (secondary N) is 1. The molecule has 3 nitrogen and oxygen atoms in total. The minimum atomic E-state index is -0.0966. The fraction of sp³-hybridized carbons (Fsp3) is 0.500. The number of aromatic nitrogens is 1. The van der Waals surface area contributed by atoms with E-state index in [0.29, 0.717) is 11.4 Å². The molecule has 16 heavy (non-hydrogen) atoms. The summed E-state index contributed by atoms with van der Waals surface area (Å²) in [6.07, 6.45) is 3.29. The normalized spacial score (nSPS) is 14.2. The Morgan fingerprint density at radius 1 is 1.50 bits per heavy atom. The third-order valence-electron chi connectivity index (χ3n) is 2.59. The third kappa shape index (κ3) is 3.49. The van der Waals surface area contributed by atoms with Crippen molar-refractivity contribution in [2.75, 3.05) is 5.88 Å². The summed E-state index contributed by atoms with van der Waals surface area (Å²) in [7, 11) is 0. The van der Waals surface area contributed by atoms with Crippen LogP contribution in [-0.2, 0) is 0 Å². The van der Waals surface area contributed by atoms with Crippen molar-refractivity contribution in [1.82, 2.24) is 10.3 Å². The van der Waals surface area contributed by atoms with Crippen molar-refractivity contribution in [2.24, 2.45) is 5.92 Å². The predicted molar refractivity (Wildman–Crippen MR) is 65.8 cm³/mol. The van der Waals surface area contributed by atoms with Crippen molar-refractivity contribution in [3.63, 3.8) is 0 Å². The summed E-state index contributed by atoms with van der Waals surface area (Å²) in [4.78, 5) is 15.8. The molecule has 0 saturated heterocycles. The molecule has 0 aliphatic rings. The first-order valence-electron chi connectivity index (χ1n) is 5.33. The minimum absolute atomic E-state index is 0.0607. The van der Waals surface area contributed by atoms with E-state index in [4.69, 9.17) is 11.6 Å². The van der Waals surface area contributed by atoms with E-state index in [-0.39, 0.29) is 17.9 Å². The maximum atomic E-state index is 11.8. The lowest BCUT2D eigenvalue weighted by Crippen LogP contribution is -2.37. The Labute approximate surface area is 101 Å². The summed E-state index contributed by atoms with van der Waals surface area (Å²) in [6.45, 7) is 5.87. The Morgan fingerprint density at radius 2 is 2.19 bits per heavy atom. The van der Waals surface area contributed by atoms with Crippen LogP contribution in [0.15, 0.2) is 18.5 Å². The number of pyridine rings is 1. The summed E-state index contributed by atoms with van der Waals surface area (Å²) in [5.41, 5.74) is 1.57. The van der Waals surface area contributed by atoms with E-state index in [1.54, 1.807) is 12.4 Å². The van der Waals surface area contributed by atoms with Crippen molar-refractivity contribution >= 4 is 17.5 Å². The van der Waals surface area contributed by atoms with Crippen LogP contribution in [0.5, 0.6) is 0 Å². The zero-order valence-electron chi connectivity index (χ0n) is 9.83. The van der Waals surface area contributed by atoms with Gasteiger partial charge in [-0.15, -0.1) is 11.6 Å². The van der Waals surface area contributed by atoms with E-state index in [9.17, 15) is 4.79 Å². The van der Waals surface area contributed by atoms with E-state index in [1.807, 2.05) is 26.8 Å². The van der Waals surface area contributed by atoms with Crippen molar-refractivity contribution in [3.8, 4) is 0 Å². The van der Waals surface area contributed by atoms with Crippen molar-refractivity contribution in [1.29, 1.82) is 0 Å². The van der Waals surface area contributed by atoms with Gasteiger partial charge in [-0.05, 0) is 31.4 Å². The molecule has 0 spiro atoms. The Hall–Kier alpha value is -1.09. The molecule has 1 amide bonds. The second-order valence-corrected chi connectivity index (χ2v) is 4.45. The van der Waals surface area contributed by atoms with E-state index in [0.717, 1.165) is 5.56 Å². The van der Waals surface area contributed by atoms with Crippen LogP contribution in [0, 0.1) is 12.8 Å². The average molecular weight is 241 g/mol. The molecule has 1 N–H and O–H groups in total. The number of nitrogens with zero attached hydrogens (tertiary/aromatic N) is 1. The van der Waals surface area contributed by atoms with Gasteiger partial charge in [0.15, 0.2) is 0 Å². The van der Waals surface area contributed by atoms with E-state index >= 15 is 0 Å². The molecule has 2 unspecified atom stereocenters. The van der Waals surface area contributed by atoms with Gasteiger partial charge in [-0.3, -0.25) is 9.78 Å². The van der Waals surface area contributed by atoms with Gasteiger partial charge in [-0.1, -0.05) is 6.92 Å². The van der Waals surface area contributed by atoms with Crippen LogP contribution in [0.2, 0.25) is 0 Å². The zero-order chi connectivity index (χ0) is 12.1. The highest BCUT2D eigenvalue weighted by molar-refractivity contribution is 6.18. The van der Waals surface area contributed by atoms with Crippen LogP contribution in [0.4, 0.5) is 0 Å². The van der Waals surface area contributed by atoms with Gasteiger partial charge < -0.3 is 5.32 Å². The lowest BCUT2D eigenvalue weighted by atomic mass is 10.1. The molecular weight excluding hydrogens is 224 g/mol. The van der Waals surface area contributed by atoms with Crippen molar-refractivity contribution in [3.05, 3.63) is 29.6 Å². The van der Waals surface area contributed by atoms with Gasteiger partial charge in [0.05, 0.1) is 5.56 Å². The monoisotopic (exact) mass is 240 g/mol. The van der Waals surface area contributed by atoms with Crippen LogP contribution in [-0.4, -0.2) is 22.8 Å². The largest absolute Gasteiger partial charge is 0.349 e. The first-order chi connectivity index (χ1) is 7.54. The first kappa shape index (κ1) is 13.0. The minimum Gasteiger partial charge on any atom is -0.349 e. The van der Waals surface area contributed by atoms with Crippen LogP contribution in [0.25, 0.3) is 0 Å². The second kappa shape index (κ2) is 5.85. The molecule has 0 bridgehead atoms. The Bertz CT molecular complexity index is 368. The summed E-state index contributed by atoms with van der Waals surface area (Å²) >= 11 is 5.74. The number of amides is 1. The highest BCUT2D eigenvalue weighted by Gasteiger charge is 2.15. The number of hydrogen-bond donors (Lipinski definition) is 1. The van der Waals surface area contributed by atoms with Crippen LogP contribution >= 0.6 is 11.6 Å². The molecule has 2 atom stereocenters. The number of halogens is 1. The van der Waals surface area contributed by atoms with Crippen molar-refractivity contribution < 1.29 is 4.79 Å². The topological polar surface area (TPSA) is 42.0 Å². The van der Waals surface area contributed by atoms with E-state index in [1.165, 1.54) is 0 Å². The molecule has 0 radical (unpaired) electrons. The number of rotatable bonds is 4. The molecule has 0 aliphatic heterocycles. The molecular formula is C12H17ClN2O. The quantitative estimate of drug-likeness (QED) is 0.822.